The van der Waals surface area contributed by atoms with Crippen LogP contribution in [0.15, 0.2) is 22.7 Å². The van der Waals surface area contributed by atoms with Crippen LogP contribution < -0.4 is 25.1 Å². The summed E-state index contributed by atoms with van der Waals surface area (Å²) in [7, 11) is 4.32. The van der Waals surface area contributed by atoms with Crippen LogP contribution in [0.25, 0.3) is 0 Å². The molecule has 0 saturated carbocycles. The second-order valence-corrected chi connectivity index (χ2v) is 5.55. The molecule has 10 heteroatoms. The molecule has 27 heavy (non-hydrogen) atoms. The minimum Gasteiger partial charge on any atom is -0.493 e. The number of carbonyl (C=O) groups is 2. The van der Waals surface area contributed by atoms with Crippen molar-refractivity contribution < 1.29 is 28.5 Å². The first-order valence-electron chi connectivity index (χ1n) is 7.69. The molecule has 1 amide bonds. The Hall–Kier alpha value is -3.06. The highest BCUT2D eigenvalue weighted by Crippen LogP contribution is 2.38. The minimum absolute atomic E-state index is 0.128. The third-order valence-corrected chi connectivity index (χ3v) is 3.95. The van der Waals surface area contributed by atoms with Crippen molar-refractivity contribution in [2.24, 2.45) is 0 Å². The number of nitrogens with one attached hydrogen (secondary N) is 2. The SMILES string of the molecule is CCOC(=O)/C(C#N)=C(\NNC(=O)c1cc(OC)c(OC)c(OC)c1)SC. The van der Waals surface area contributed by atoms with Crippen LogP contribution in [-0.4, -0.2) is 46.1 Å². The molecule has 0 saturated heterocycles. The van der Waals surface area contributed by atoms with E-state index in [-0.39, 0.29) is 22.8 Å². The lowest BCUT2D eigenvalue weighted by molar-refractivity contribution is -0.138. The van der Waals surface area contributed by atoms with E-state index in [0.29, 0.717) is 17.2 Å². The Morgan fingerprint density at radius 3 is 2.11 bits per heavy atom. The molecule has 0 spiro atoms. The first-order chi connectivity index (χ1) is 13.0. The third kappa shape index (κ3) is 5.46. The fourth-order valence-corrected chi connectivity index (χ4v) is 2.49. The molecule has 0 aromatic heterocycles. The summed E-state index contributed by atoms with van der Waals surface area (Å²) in [5, 5.41) is 9.33. The lowest BCUT2D eigenvalue weighted by atomic mass is 10.1. The number of nitriles is 1. The number of thioether (sulfide) groups is 1. The van der Waals surface area contributed by atoms with E-state index in [1.54, 1.807) is 19.2 Å². The van der Waals surface area contributed by atoms with Crippen molar-refractivity contribution in [1.82, 2.24) is 10.9 Å². The number of esters is 1. The van der Waals surface area contributed by atoms with Gasteiger partial charge in [-0.2, -0.15) is 5.26 Å². The highest BCUT2D eigenvalue weighted by atomic mass is 32.2. The molecule has 9 nitrogen and oxygen atoms in total. The molecular formula is C17H21N3O6S. The van der Waals surface area contributed by atoms with E-state index in [1.165, 1.54) is 33.5 Å². The summed E-state index contributed by atoms with van der Waals surface area (Å²) in [6, 6.07) is 4.71. The fourth-order valence-electron chi connectivity index (χ4n) is 2.01. The Kier molecular flexibility index (Phi) is 8.81. The number of nitrogens with zero attached hydrogens (tertiary/aromatic N) is 1. The van der Waals surface area contributed by atoms with Crippen LogP contribution in [0, 0.1) is 11.3 Å². The van der Waals surface area contributed by atoms with E-state index >= 15 is 0 Å². The molecule has 1 rings (SSSR count). The van der Waals surface area contributed by atoms with Crippen LogP contribution in [0.2, 0.25) is 0 Å². The monoisotopic (exact) mass is 395 g/mol. The zero-order chi connectivity index (χ0) is 20.4. The van der Waals surface area contributed by atoms with Gasteiger partial charge in [-0.1, -0.05) is 0 Å². The van der Waals surface area contributed by atoms with E-state index in [0.717, 1.165) is 11.8 Å². The van der Waals surface area contributed by atoms with Gasteiger partial charge in [-0.25, -0.2) is 4.79 Å². The average molecular weight is 395 g/mol. The third-order valence-electron chi connectivity index (χ3n) is 3.24. The number of ether oxygens (including phenoxy) is 4. The Bertz CT molecular complexity index is 747. The number of carbonyl (C=O) groups excluding carboxylic acids is 2. The predicted octanol–water partition coefficient (Wildman–Crippen LogP) is 1.61. The molecule has 0 fully saturated rings. The van der Waals surface area contributed by atoms with Crippen LogP contribution in [0.3, 0.4) is 0 Å². The van der Waals surface area contributed by atoms with E-state index in [9.17, 15) is 14.9 Å². The normalized spacial score (nSPS) is 10.8. The molecule has 0 radical (unpaired) electrons. The maximum atomic E-state index is 12.5. The van der Waals surface area contributed by atoms with Gasteiger partial charge in [0, 0.05) is 5.56 Å². The maximum Gasteiger partial charge on any atom is 0.351 e. The smallest absolute Gasteiger partial charge is 0.351 e. The highest BCUT2D eigenvalue weighted by molar-refractivity contribution is 8.02. The number of methoxy groups -OCH3 is 3. The van der Waals surface area contributed by atoms with Gasteiger partial charge in [-0.15, -0.1) is 11.8 Å². The molecule has 0 heterocycles. The molecule has 1 aromatic carbocycles. The zero-order valence-corrected chi connectivity index (χ0v) is 16.5. The zero-order valence-electron chi connectivity index (χ0n) is 15.7. The molecule has 1 aromatic rings. The van der Waals surface area contributed by atoms with Gasteiger partial charge in [-0.3, -0.25) is 15.6 Å². The van der Waals surface area contributed by atoms with Crippen LogP contribution in [-0.2, 0) is 9.53 Å². The number of rotatable bonds is 9. The standard InChI is InChI=1S/C17H21N3O6S/c1-6-26-17(22)11(9-18)16(27-5)20-19-15(21)10-7-12(23-2)14(25-4)13(8-10)24-3/h7-8,20H,6H2,1-5H3,(H,19,21)/b16-11+. The highest BCUT2D eigenvalue weighted by Gasteiger charge is 2.19. The van der Waals surface area contributed by atoms with Crippen LogP contribution in [0.1, 0.15) is 17.3 Å². The quantitative estimate of drug-likeness (QED) is 0.278. The molecule has 146 valence electrons. The lowest BCUT2D eigenvalue weighted by Gasteiger charge is -2.15. The maximum absolute atomic E-state index is 12.5. The summed E-state index contributed by atoms with van der Waals surface area (Å²) in [5.41, 5.74) is 4.97. The Balaban J connectivity index is 3.08. The second-order valence-electron chi connectivity index (χ2n) is 4.73. The van der Waals surface area contributed by atoms with Crippen LogP contribution >= 0.6 is 11.8 Å². The number of hydrogen-bond donors (Lipinski definition) is 2. The Morgan fingerprint density at radius 1 is 1.11 bits per heavy atom. The topological polar surface area (TPSA) is 119 Å². The van der Waals surface area contributed by atoms with Crippen molar-refractivity contribution in [2.45, 2.75) is 6.92 Å². The predicted molar refractivity (Wildman–Crippen MR) is 99.5 cm³/mol. The summed E-state index contributed by atoms with van der Waals surface area (Å²) >= 11 is 1.08. The molecule has 0 aliphatic rings. The van der Waals surface area contributed by atoms with E-state index in [2.05, 4.69) is 10.9 Å². The van der Waals surface area contributed by atoms with Crippen molar-refractivity contribution in [3.05, 3.63) is 28.3 Å². The van der Waals surface area contributed by atoms with Gasteiger partial charge in [-0.05, 0) is 25.3 Å². The molecule has 0 aliphatic carbocycles. The Labute approximate surface area is 161 Å². The van der Waals surface area contributed by atoms with Gasteiger partial charge in [0.15, 0.2) is 17.1 Å². The van der Waals surface area contributed by atoms with Gasteiger partial charge in [0.1, 0.15) is 11.1 Å². The molecule has 0 aliphatic heterocycles. The van der Waals surface area contributed by atoms with Crippen molar-refractivity contribution >= 4 is 23.6 Å². The van der Waals surface area contributed by atoms with Gasteiger partial charge >= 0.3 is 5.97 Å². The number of amides is 1. The summed E-state index contributed by atoms with van der Waals surface area (Å²) in [6.45, 7) is 1.76. The Morgan fingerprint density at radius 2 is 1.70 bits per heavy atom. The van der Waals surface area contributed by atoms with Gasteiger partial charge in [0.05, 0.1) is 27.9 Å². The largest absolute Gasteiger partial charge is 0.493 e. The van der Waals surface area contributed by atoms with Crippen molar-refractivity contribution in [2.75, 3.05) is 34.2 Å². The fraction of sp³-hybridized carbons (Fsp3) is 0.353. The molecule has 0 bridgehead atoms. The summed E-state index contributed by atoms with van der Waals surface area (Å²) < 4.78 is 20.4. The number of benzene rings is 1. The minimum atomic E-state index is -0.779. The van der Waals surface area contributed by atoms with E-state index < -0.39 is 11.9 Å². The summed E-state index contributed by atoms with van der Waals surface area (Å²) in [6.07, 6.45) is 1.64. The van der Waals surface area contributed by atoms with Crippen LogP contribution in [0.4, 0.5) is 0 Å². The first-order valence-corrected chi connectivity index (χ1v) is 8.91. The molecular weight excluding hydrogens is 374 g/mol. The van der Waals surface area contributed by atoms with Crippen LogP contribution in [0.5, 0.6) is 17.2 Å². The van der Waals surface area contributed by atoms with Gasteiger partial charge in [0.25, 0.3) is 5.91 Å². The number of hydrazine groups is 1. The molecule has 0 atom stereocenters. The van der Waals surface area contributed by atoms with Crippen molar-refractivity contribution in [1.29, 1.82) is 5.26 Å². The van der Waals surface area contributed by atoms with Crippen molar-refractivity contribution in [3.8, 4) is 23.3 Å². The van der Waals surface area contributed by atoms with Gasteiger partial charge < -0.3 is 18.9 Å². The van der Waals surface area contributed by atoms with E-state index in [1.807, 2.05) is 0 Å². The first kappa shape index (κ1) is 22.0. The lowest BCUT2D eigenvalue weighted by Crippen LogP contribution is -2.37. The second kappa shape index (κ2) is 10.8. The number of hydrogen-bond acceptors (Lipinski definition) is 9. The van der Waals surface area contributed by atoms with Crippen molar-refractivity contribution in [3.63, 3.8) is 0 Å². The molecule has 2 N–H and O–H groups in total. The van der Waals surface area contributed by atoms with E-state index in [4.69, 9.17) is 18.9 Å². The summed E-state index contributed by atoms with van der Waals surface area (Å²) in [5.74, 6) is -0.345. The average Bonchev–Trinajstić information content (AvgIpc) is 2.69. The molecule has 0 unspecified atom stereocenters. The summed E-state index contributed by atoms with van der Waals surface area (Å²) in [4.78, 5) is 24.3. The van der Waals surface area contributed by atoms with Gasteiger partial charge in [0.2, 0.25) is 5.75 Å².